The van der Waals surface area contributed by atoms with Gasteiger partial charge in [0, 0.05) is 16.7 Å². The molecule has 0 heterocycles. The minimum atomic E-state index is -5.26. The first kappa shape index (κ1) is 27.6. The van der Waals surface area contributed by atoms with Crippen LogP contribution in [0, 0.1) is 47.0 Å². The van der Waals surface area contributed by atoms with E-state index in [1.165, 1.54) is 12.1 Å². The highest BCUT2D eigenvalue weighted by atomic mass is 19.4. The van der Waals surface area contributed by atoms with Gasteiger partial charge in [-0.25, -0.2) is 17.6 Å². The number of alkyl halides is 3. The average Bonchev–Trinajstić information content (AvgIpc) is 2.87. The van der Waals surface area contributed by atoms with E-state index >= 15 is 0 Å². The van der Waals surface area contributed by atoms with E-state index in [1.54, 1.807) is 36.4 Å². The monoisotopic (exact) mass is 540 g/mol. The minimum Gasteiger partial charge on any atom is -0.399 e. The zero-order valence-electron chi connectivity index (χ0n) is 20.4. The lowest BCUT2D eigenvalue weighted by molar-refractivity contribution is -0.276. The number of benzene rings is 4. The van der Waals surface area contributed by atoms with Gasteiger partial charge in [-0.1, -0.05) is 61.3 Å². The second kappa shape index (κ2) is 11.5. The van der Waals surface area contributed by atoms with Crippen LogP contribution < -0.4 is 4.74 Å². The fraction of sp³-hybridized carbons (Fsp3) is 0.161. The lowest BCUT2D eigenvalue weighted by atomic mass is 9.99. The van der Waals surface area contributed by atoms with Crippen LogP contribution in [0.1, 0.15) is 47.6 Å². The summed E-state index contributed by atoms with van der Waals surface area (Å²) in [5.41, 5.74) is 0.917. The first-order chi connectivity index (χ1) is 18.6. The molecule has 0 aromatic heterocycles. The Morgan fingerprint density at radius 3 is 1.74 bits per heavy atom. The van der Waals surface area contributed by atoms with Crippen molar-refractivity contribution < 1.29 is 35.5 Å². The molecule has 0 atom stereocenters. The fourth-order valence-electron chi connectivity index (χ4n) is 3.90. The maximum absolute atomic E-state index is 14.6. The third-order valence-corrected chi connectivity index (χ3v) is 5.72. The number of ether oxygens (including phenoxy) is 1. The third kappa shape index (κ3) is 6.72. The van der Waals surface area contributed by atoms with Crippen LogP contribution in [0.3, 0.4) is 0 Å². The summed E-state index contributed by atoms with van der Waals surface area (Å²) in [4.78, 5) is 0. The van der Waals surface area contributed by atoms with E-state index in [0.717, 1.165) is 12.8 Å². The fourth-order valence-corrected chi connectivity index (χ4v) is 3.90. The lowest BCUT2D eigenvalue weighted by Crippen LogP contribution is -2.19. The van der Waals surface area contributed by atoms with Crippen molar-refractivity contribution in [3.8, 4) is 29.4 Å². The molecule has 1 nitrogen and oxygen atoms in total. The first-order valence-corrected chi connectivity index (χ1v) is 11.8. The number of aryl methyl sites for hydroxylation is 1. The van der Waals surface area contributed by atoms with Crippen LogP contribution in [0.15, 0.2) is 60.7 Å². The number of rotatable bonds is 4. The number of hydrogen-bond donors (Lipinski definition) is 0. The molecule has 4 rings (SSSR count). The van der Waals surface area contributed by atoms with Crippen LogP contribution in [-0.4, -0.2) is 6.36 Å². The average molecular weight is 540 g/mol. The molecule has 8 heteroatoms. The highest BCUT2D eigenvalue weighted by Crippen LogP contribution is 2.29. The molecule has 0 aliphatic rings. The van der Waals surface area contributed by atoms with Crippen LogP contribution in [0.25, 0.3) is 10.8 Å². The van der Waals surface area contributed by atoms with Crippen molar-refractivity contribution in [2.45, 2.75) is 32.5 Å². The standard InChI is InChI=1S/C31H19F7O/c1-2-3-6-19-15-26(32)25(27(33)16-19)14-13-22-12-11-21(23-7-4-5-8-24(22)23)10-9-20-17-28(34)30(29(35)18-20)39-31(36,37)38/h4-5,7-8,11-12,15-18H,2-3,6H2,1H3. The van der Waals surface area contributed by atoms with Gasteiger partial charge >= 0.3 is 6.36 Å². The van der Waals surface area contributed by atoms with Crippen LogP contribution in [0.5, 0.6) is 5.75 Å². The van der Waals surface area contributed by atoms with Crippen molar-refractivity contribution in [3.05, 3.63) is 112 Å². The molecule has 0 N–H and O–H groups in total. The SMILES string of the molecule is CCCCc1cc(F)c(C#Cc2ccc(C#Cc3cc(F)c(OC(F)(F)F)c(F)c3)c3ccccc23)c(F)c1. The highest BCUT2D eigenvalue weighted by molar-refractivity contribution is 5.93. The third-order valence-electron chi connectivity index (χ3n) is 5.72. The van der Waals surface area contributed by atoms with E-state index in [4.69, 9.17) is 0 Å². The maximum atomic E-state index is 14.6. The van der Waals surface area contributed by atoms with Crippen LogP contribution >= 0.6 is 0 Å². The zero-order chi connectivity index (χ0) is 28.2. The summed E-state index contributed by atoms with van der Waals surface area (Å²) in [6.07, 6.45) is -2.98. The zero-order valence-corrected chi connectivity index (χ0v) is 20.4. The van der Waals surface area contributed by atoms with Gasteiger partial charge in [0.1, 0.15) is 11.6 Å². The molecule has 39 heavy (non-hydrogen) atoms. The predicted octanol–water partition coefficient (Wildman–Crippen LogP) is 8.44. The summed E-state index contributed by atoms with van der Waals surface area (Å²) >= 11 is 0. The molecular formula is C31H19F7O. The summed E-state index contributed by atoms with van der Waals surface area (Å²) in [5, 5.41) is 1.22. The molecule has 0 radical (unpaired) electrons. The quantitative estimate of drug-likeness (QED) is 0.187. The van der Waals surface area contributed by atoms with E-state index in [9.17, 15) is 30.7 Å². The van der Waals surface area contributed by atoms with Gasteiger partial charge in [-0.2, -0.15) is 0 Å². The molecule has 0 fully saturated rings. The maximum Gasteiger partial charge on any atom is 0.573 e. The number of hydrogen-bond acceptors (Lipinski definition) is 1. The summed E-state index contributed by atoms with van der Waals surface area (Å²) in [6.45, 7) is 1.99. The van der Waals surface area contributed by atoms with Gasteiger partial charge < -0.3 is 4.74 Å². The van der Waals surface area contributed by atoms with E-state index in [2.05, 4.69) is 28.4 Å². The summed E-state index contributed by atoms with van der Waals surface area (Å²) < 4.78 is 97.7. The summed E-state index contributed by atoms with van der Waals surface area (Å²) in [7, 11) is 0. The van der Waals surface area contributed by atoms with Crippen molar-refractivity contribution in [2.75, 3.05) is 0 Å². The van der Waals surface area contributed by atoms with Gasteiger partial charge in [-0.15, -0.1) is 13.2 Å². The molecule has 0 unspecified atom stereocenters. The topological polar surface area (TPSA) is 9.23 Å². The van der Waals surface area contributed by atoms with E-state index < -0.39 is 35.4 Å². The van der Waals surface area contributed by atoms with Crippen molar-refractivity contribution in [3.63, 3.8) is 0 Å². The van der Waals surface area contributed by atoms with E-state index in [0.29, 0.717) is 46.0 Å². The highest BCUT2D eigenvalue weighted by Gasteiger charge is 2.34. The Balaban J connectivity index is 1.68. The second-order valence-corrected chi connectivity index (χ2v) is 8.56. The number of fused-ring (bicyclic) bond motifs is 1. The smallest absolute Gasteiger partial charge is 0.399 e. The second-order valence-electron chi connectivity index (χ2n) is 8.56. The molecule has 0 saturated carbocycles. The molecule has 198 valence electrons. The van der Waals surface area contributed by atoms with Crippen LogP contribution in [0.2, 0.25) is 0 Å². The van der Waals surface area contributed by atoms with Crippen molar-refractivity contribution in [1.29, 1.82) is 0 Å². The Hall–Kier alpha value is -4.43. The van der Waals surface area contributed by atoms with E-state index in [1.807, 2.05) is 6.92 Å². The molecule has 0 aliphatic heterocycles. The van der Waals surface area contributed by atoms with Crippen molar-refractivity contribution in [2.24, 2.45) is 0 Å². The van der Waals surface area contributed by atoms with Gasteiger partial charge in [-0.05, 0) is 65.6 Å². The Morgan fingerprint density at radius 2 is 1.23 bits per heavy atom. The predicted molar refractivity (Wildman–Crippen MR) is 134 cm³/mol. The molecule has 0 amide bonds. The van der Waals surface area contributed by atoms with Crippen molar-refractivity contribution in [1.82, 2.24) is 0 Å². The Bertz CT molecular complexity index is 1620. The molecule has 0 bridgehead atoms. The molecular weight excluding hydrogens is 521 g/mol. The minimum absolute atomic E-state index is 0.208. The Labute approximate surface area is 220 Å². The largest absolute Gasteiger partial charge is 0.573 e. The molecule has 0 saturated heterocycles. The van der Waals surface area contributed by atoms with Gasteiger partial charge in [0.05, 0.1) is 5.56 Å². The van der Waals surface area contributed by atoms with E-state index in [-0.39, 0.29) is 11.1 Å². The summed E-state index contributed by atoms with van der Waals surface area (Å²) in [6, 6.07) is 13.9. The van der Waals surface area contributed by atoms with Crippen molar-refractivity contribution >= 4 is 10.8 Å². The summed E-state index contributed by atoms with van der Waals surface area (Å²) in [5.74, 6) is 4.51. The van der Waals surface area contributed by atoms with Gasteiger partial charge in [0.25, 0.3) is 0 Å². The first-order valence-electron chi connectivity index (χ1n) is 11.8. The number of unbranched alkanes of at least 4 members (excludes halogenated alkanes) is 1. The van der Waals surface area contributed by atoms with Gasteiger partial charge in [0.15, 0.2) is 11.6 Å². The molecule has 0 spiro atoms. The lowest BCUT2D eigenvalue weighted by Gasteiger charge is -2.10. The Kier molecular flexibility index (Phi) is 8.16. The van der Waals surface area contributed by atoms with Gasteiger partial charge in [0.2, 0.25) is 5.75 Å². The number of halogens is 7. The molecule has 4 aromatic carbocycles. The van der Waals surface area contributed by atoms with Crippen LogP contribution in [-0.2, 0) is 6.42 Å². The molecule has 0 aliphatic carbocycles. The Morgan fingerprint density at radius 1 is 0.692 bits per heavy atom. The normalized spacial score (nSPS) is 11.0. The van der Waals surface area contributed by atoms with Crippen LogP contribution in [0.4, 0.5) is 30.7 Å². The molecule has 4 aromatic rings. The van der Waals surface area contributed by atoms with Gasteiger partial charge in [-0.3, -0.25) is 0 Å².